The second-order valence-electron chi connectivity index (χ2n) is 4.38. The average molecular weight is 326 g/mol. The molecule has 0 aliphatic rings. The van der Waals surface area contributed by atoms with Crippen LogP contribution in [0.2, 0.25) is 5.02 Å². The Balaban J connectivity index is 2.67. The summed E-state index contributed by atoms with van der Waals surface area (Å²) in [5.41, 5.74) is -0.649. The van der Waals surface area contributed by atoms with E-state index in [-0.39, 0.29) is 15.8 Å². The zero-order valence-electron chi connectivity index (χ0n) is 11.0. The van der Waals surface area contributed by atoms with Crippen LogP contribution in [0, 0.1) is 0 Å². The first kappa shape index (κ1) is 17.0. The van der Waals surface area contributed by atoms with Gasteiger partial charge in [-0.25, -0.2) is 0 Å². The van der Waals surface area contributed by atoms with Crippen molar-refractivity contribution in [3.8, 4) is 0 Å². The van der Waals surface area contributed by atoms with Crippen molar-refractivity contribution in [3.05, 3.63) is 28.8 Å². The highest BCUT2D eigenvalue weighted by Gasteiger charge is 2.33. The number of likely N-dealkylation sites (N-methyl/N-ethyl adjacent to an activating group) is 1. The number of thiocarbonyl (C=S) groups is 1. The number of rotatable bonds is 4. The van der Waals surface area contributed by atoms with Crippen molar-refractivity contribution in [2.75, 3.05) is 32.5 Å². The molecule has 20 heavy (non-hydrogen) atoms. The Bertz CT molecular complexity index is 478. The summed E-state index contributed by atoms with van der Waals surface area (Å²) in [6.45, 7) is 1.36. The fraction of sp³-hybridized carbons (Fsp3) is 0.417. The van der Waals surface area contributed by atoms with E-state index in [0.717, 1.165) is 12.6 Å². The van der Waals surface area contributed by atoms with Crippen LogP contribution in [0.4, 0.5) is 18.9 Å². The lowest BCUT2D eigenvalue weighted by Gasteiger charge is -2.15. The monoisotopic (exact) mass is 325 g/mol. The Labute approximate surface area is 126 Å². The summed E-state index contributed by atoms with van der Waals surface area (Å²) in [5.74, 6) is 0. The fourth-order valence-corrected chi connectivity index (χ4v) is 1.83. The largest absolute Gasteiger partial charge is 0.417 e. The van der Waals surface area contributed by atoms with Gasteiger partial charge in [0.1, 0.15) is 0 Å². The molecule has 1 aromatic rings. The second-order valence-corrected chi connectivity index (χ2v) is 5.19. The third-order valence-electron chi connectivity index (χ3n) is 2.37. The van der Waals surface area contributed by atoms with Gasteiger partial charge in [-0.1, -0.05) is 11.6 Å². The summed E-state index contributed by atoms with van der Waals surface area (Å²) in [4.78, 5) is 1.96. The first-order valence-electron chi connectivity index (χ1n) is 5.76. The predicted molar refractivity (Wildman–Crippen MR) is 79.2 cm³/mol. The van der Waals surface area contributed by atoms with Crippen LogP contribution in [0.1, 0.15) is 5.56 Å². The minimum atomic E-state index is -4.49. The highest BCUT2D eigenvalue weighted by molar-refractivity contribution is 7.80. The highest BCUT2D eigenvalue weighted by atomic mass is 35.5. The van der Waals surface area contributed by atoms with Crippen molar-refractivity contribution in [2.45, 2.75) is 6.18 Å². The maximum atomic E-state index is 12.7. The zero-order valence-corrected chi connectivity index (χ0v) is 12.6. The maximum absolute atomic E-state index is 12.7. The molecule has 2 N–H and O–H groups in total. The summed E-state index contributed by atoms with van der Waals surface area (Å²) in [7, 11) is 3.82. The van der Waals surface area contributed by atoms with E-state index in [4.69, 9.17) is 23.8 Å². The van der Waals surface area contributed by atoms with Crippen LogP contribution < -0.4 is 10.6 Å². The molecular weight excluding hydrogens is 311 g/mol. The smallest absolute Gasteiger partial charge is 0.361 e. The van der Waals surface area contributed by atoms with Crippen molar-refractivity contribution in [3.63, 3.8) is 0 Å². The van der Waals surface area contributed by atoms with Crippen LogP contribution in [0.15, 0.2) is 18.2 Å². The Kier molecular flexibility index (Phi) is 6.04. The SMILES string of the molecule is CN(C)CCNC(=S)Nc1ccc(Cl)c(C(F)(F)F)c1. The summed E-state index contributed by atoms with van der Waals surface area (Å²) < 4.78 is 38.1. The van der Waals surface area contributed by atoms with E-state index in [1.165, 1.54) is 12.1 Å². The lowest BCUT2D eigenvalue weighted by atomic mass is 10.2. The molecule has 0 fully saturated rings. The first-order chi connectivity index (χ1) is 9.20. The van der Waals surface area contributed by atoms with E-state index in [1.54, 1.807) is 0 Å². The number of benzene rings is 1. The molecule has 112 valence electrons. The molecule has 0 saturated carbocycles. The number of nitrogens with one attached hydrogen (secondary N) is 2. The molecule has 0 saturated heterocycles. The molecule has 0 spiro atoms. The van der Waals surface area contributed by atoms with Crippen molar-refractivity contribution in [1.82, 2.24) is 10.2 Å². The van der Waals surface area contributed by atoms with Crippen LogP contribution in [0.25, 0.3) is 0 Å². The molecule has 0 aliphatic heterocycles. The number of nitrogens with zero attached hydrogens (tertiary/aromatic N) is 1. The van der Waals surface area contributed by atoms with E-state index >= 15 is 0 Å². The molecule has 0 unspecified atom stereocenters. The fourth-order valence-electron chi connectivity index (χ4n) is 1.39. The quantitative estimate of drug-likeness (QED) is 0.831. The molecule has 0 aliphatic carbocycles. The summed E-state index contributed by atoms with van der Waals surface area (Å²) >= 11 is 10.5. The third-order valence-corrected chi connectivity index (χ3v) is 2.95. The van der Waals surface area contributed by atoms with E-state index in [9.17, 15) is 13.2 Å². The number of anilines is 1. The molecule has 0 amide bonds. The van der Waals surface area contributed by atoms with Gasteiger partial charge in [-0.3, -0.25) is 0 Å². The van der Waals surface area contributed by atoms with Crippen molar-refractivity contribution in [2.24, 2.45) is 0 Å². The summed E-state index contributed by atoms with van der Waals surface area (Å²) in [5, 5.41) is 5.53. The molecular formula is C12H15ClF3N3S. The van der Waals surface area contributed by atoms with Crippen LogP contribution in [-0.2, 0) is 6.18 Å². The zero-order chi connectivity index (χ0) is 15.3. The Morgan fingerprint density at radius 3 is 2.55 bits per heavy atom. The molecule has 1 rings (SSSR count). The number of hydrogen-bond acceptors (Lipinski definition) is 2. The van der Waals surface area contributed by atoms with E-state index in [2.05, 4.69) is 10.6 Å². The van der Waals surface area contributed by atoms with E-state index in [0.29, 0.717) is 6.54 Å². The minimum absolute atomic E-state index is 0.240. The summed E-state index contributed by atoms with van der Waals surface area (Å²) in [6, 6.07) is 3.56. The van der Waals surface area contributed by atoms with Crippen LogP contribution in [0.5, 0.6) is 0 Å². The van der Waals surface area contributed by atoms with Gasteiger partial charge in [0.2, 0.25) is 0 Å². The van der Waals surface area contributed by atoms with Gasteiger partial charge in [0.05, 0.1) is 10.6 Å². The van der Waals surface area contributed by atoms with Crippen molar-refractivity contribution in [1.29, 1.82) is 0 Å². The van der Waals surface area contributed by atoms with Gasteiger partial charge in [-0.05, 0) is 44.5 Å². The van der Waals surface area contributed by atoms with Gasteiger partial charge in [-0.15, -0.1) is 0 Å². The standard InChI is InChI=1S/C12H15ClF3N3S/c1-19(2)6-5-17-11(20)18-8-3-4-10(13)9(7-8)12(14,15)16/h3-4,7H,5-6H2,1-2H3,(H2,17,18,20). The molecule has 0 atom stereocenters. The molecule has 0 aromatic heterocycles. The average Bonchev–Trinajstić information content (AvgIpc) is 2.29. The second kappa shape index (κ2) is 7.10. The Morgan fingerprint density at radius 2 is 2.00 bits per heavy atom. The molecule has 3 nitrogen and oxygen atoms in total. The molecule has 1 aromatic carbocycles. The van der Waals surface area contributed by atoms with Gasteiger partial charge >= 0.3 is 6.18 Å². The normalized spacial score (nSPS) is 11.6. The number of alkyl halides is 3. The first-order valence-corrected chi connectivity index (χ1v) is 6.55. The topological polar surface area (TPSA) is 27.3 Å². The van der Waals surface area contributed by atoms with Crippen LogP contribution in [0.3, 0.4) is 0 Å². The van der Waals surface area contributed by atoms with Crippen LogP contribution in [-0.4, -0.2) is 37.2 Å². The number of hydrogen-bond donors (Lipinski definition) is 2. The van der Waals surface area contributed by atoms with E-state index in [1.807, 2.05) is 19.0 Å². The summed E-state index contributed by atoms with van der Waals surface area (Å²) in [6.07, 6.45) is -4.49. The van der Waals surface area contributed by atoms with Gasteiger partial charge in [0, 0.05) is 18.8 Å². The lowest BCUT2D eigenvalue weighted by molar-refractivity contribution is -0.137. The molecule has 0 heterocycles. The molecule has 8 heteroatoms. The molecule has 0 radical (unpaired) electrons. The van der Waals surface area contributed by atoms with Crippen molar-refractivity contribution >= 4 is 34.6 Å². The predicted octanol–water partition coefficient (Wildman–Crippen LogP) is 3.21. The Hall–Kier alpha value is -1.05. The van der Waals surface area contributed by atoms with Crippen LogP contribution >= 0.6 is 23.8 Å². The van der Waals surface area contributed by atoms with Gasteiger partial charge in [-0.2, -0.15) is 13.2 Å². The van der Waals surface area contributed by atoms with Crippen molar-refractivity contribution < 1.29 is 13.2 Å². The number of halogens is 4. The third kappa shape index (κ3) is 5.52. The van der Waals surface area contributed by atoms with Gasteiger partial charge < -0.3 is 15.5 Å². The molecule has 0 bridgehead atoms. The minimum Gasteiger partial charge on any atom is -0.361 e. The highest BCUT2D eigenvalue weighted by Crippen LogP contribution is 2.36. The lowest BCUT2D eigenvalue weighted by Crippen LogP contribution is -2.34. The van der Waals surface area contributed by atoms with Gasteiger partial charge in [0.25, 0.3) is 0 Å². The maximum Gasteiger partial charge on any atom is 0.417 e. The Morgan fingerprint density at radius 1 is 1.35 bits per heavy atom. The van der Waals surface area contributed by atoms with Gasteiger partial charge in [0.15, 0.2) is 5.11 Å². The van der Waals surface area contributed by atoms with E-state index < -0.39 is 11.7 Å².